The van der Waals surface area contributed by atoms with Gasteiger partial charge in [-0.3, -0.25) is 4.79 Å². The number of rotatable bonds is 1. The number of benzene rings is 1. The van der Waals surface area contributed by atoms with Gasteiger partial charge >= 0.3 is 0 Å². The van der Waals surface area contributed by atoms with Crippen LogP contribution in [0.5, 0.6) is 0 Å². The first-order valence-corrected chi connectivity index (χ1v) is 6.18. The Hall–Kier alpha value is -2.43. The van der Waals surface area contributed by atoms with Crippen LogP contribution in [0.2, 0.25) is 0 Å². The fourth-order valence-corrected chi connectivity index (χ4v) is 2.57. The lowest BCUT2D eigenvalue weighted by molar-refractivity contribution is 0.665. The molecule has 1 aliphatic rings. The Balaban J connectivity index is 2.04. The SMILES string of the molecule is NN=C1C[C@@H](c2ccccc2)Cc2n[nH]c(=O)cc21. The molecule has 3 N–H and O–H groups in total. The van der Waals surface area contributed by atoms with Crippen LogP contribution >= 0.6 is 0 Å². The van der Waals surface area contributed by atoms with Gasteiger partial charge in [0.2, 0.25) is 0 Å². The standard InChI is InChI=1S/C14H14N4O/c15-16-12-6-10(9-4-2-1-3-5-9)7-13-11(12)8-14(19)18-17-13/h1-5,8,10H,6-7,15H2,(H,18,19)/t10-/m1/s1. The predicted molar refractivity (Wildman–Crippen MR) is 73.1 cm³/mol. The normalized spacial score (nSPS) is 20.2. The van der Waals surface area contributed by atoms with Crippen molar-refractivity contribution in [3.05, 3.63) is 63.6 Å². The Labute approximate surface area is 110 Å². The quantitative estimate of drug-likeness (QED) is 0.591. The molecule has 1 aromatic heterocycles. The zero-order valence-electron chi connectivity index (χ0n) is 10.3. The van der Waals surface area contributed by atoms with Gasteiger partial charge in [0.25, 0.3) is 5.56 Å². The van der Waals surface area contributed by atoms with Crippen LogP contribution in [-0.2, 0) is 6.42 Å². The van der Waals surface area contributed by atoms with Gasteiger partial charge in [0.1, 0.15) is 0 Å². The number of fused-ring (bicyclic) bond motifs is 1. The second-order valence-electron chi connectivity index (χ2n) is 4.68. The largest absolute Gasteiger partial charge is 0.323 e. The van der Waals surface area contributed by atoms with Crippen molar-refractivity contribution in [1.82, 2.24) is 10.2 Å². The topological polar surface area (TPSA) is 84.1 Å². The molecule has 2 aromatic rings. The second kappa shape index (κ2) is 4.68. The van der Waals surface area contributed by atoms with Gasteiger partial charge in [0, 0.05) is 11.6 Å². The van der Waals surface area contributed by atoms with Crippen molar-refractivity contribution < 1.29 is 0 Å². The highest BCUT2D eigenvalue weighted by Gasteiger charge is 2.26. The molecule has 0 spiro atoms. The number of H-pyrrole nitrogens is 1. The minimum atomic E-state index is -0.224. The van der Waals surface area contributed by atoms with Gasteiger partial charge in [-0.1, -0.05) is 30.3 Å². The third kappa shape index (κ3) is 2.14. The Bertz CT molecular complexity index is 675. The van der Waals surface area contributed by atoms with E-state index in [9.17, 15) is 4.79 Å². The van der Waals surface area contributed by atoms with E-state index in [2.05, 4.69) is 27.4 Å². The third-order valence-corrected chi connectivity index (χ3v) is 3.50. The second-order valence-corrected chi connectivity index (χ2v) is 4.68. The molecular weight excluding hydrogens is 240 g/mol. The lowest BCUT2D eigenvalue weighted by Gasteiger charge is -2.24. The molecule has 5 heteroatoms. The molecule has 0 bridgehead atoms. The summed E-state index contributed by atoms with van der Waals surface area (Å²) in [6, 6.07) is 11.7. The minimum Gasteiger partial charge on any atom is -0.323 e. The molecule has 3 rings (SSSR count). The van der Waals surface area contributed by atoms with E-state index >= 15 is 0 Å². The van der Waals surface area contributed by atoms with E-state index in [-0.39, 0.29) is 5.56 Å². The van der Waals surface area contributed by atoms with Gasteiger partial charge < -0.3 is 5.84 Å². The molecule has 0 radical (unpaired) electrons. The van der Waals surface area contributed by atoms with Crippen LogP contribution in [0.3, 0.4) is 0 Å². The summed E-state index contributed by atoms with van der Waals surface area (Å²) in [5, 5.41) is 10.4. The molecule has 1 atom stereocenters. The van der Waals surface area contributed by atoms with Gasteiger partial charge in [0.05, 0.1) is 11.4 Å². The maximum Gasteiger partial charge on any atom is 0.264 e. The summed E-state index contributed by atoms with van der Waals surface area (Å²) in [5.41, 5.74) is 3.39. The van der Waals surface area contributed by atoms with Gasteiger partial charge in [-0.25, -0.2) is 5.10 Å². The fourth-order valence-electron chi connectivity index (χ4n) is 2.57. The molecule has 5 nitrogen and oxygen atoms in total. The van der Waals surface area contributed by atoms with Crippen LogP contribution < -0.4 is 11.4 Å². The van der Waals surface area contributed by atoms with Crippen molar-refractivity contribution in [2.45, 2.75) is 18.8 Å². The average Bonchev–Trinajstić information content (AvgIpc) is 2.47. The summed E-state index contributed by atoms with van der Waals surface area (Å²) in [5.74, 6) is 5.76. The van der Waals surface area contributed by atoms with Crippen LogP contribution in [0.15, 0.2) is 46.3 Å². The van der Waals surface area contributed by atoms with Gasteiger partial charge in [-0.15, -0.1) is 0 Å². The molecule has 1 aliphatic carbocycles. The molecule has 96 valence electrons. The minimum absolute atomic E-state index is 0.224. The summed E-state index contributed by atoms with van der Waals surface area (Å²) in [4.78, 5) is 11.3. The lowest BCUT2D eigenvalue weighted by Crippen LogP contribution is -2.25. The Morgan fingerprint density at radius 2 is 2.05 bits per heavy atom. The van der Waals surface area contributed by atoms with Crippen molar-refractivity contribution in [2.75, 3.05) is 0 Å². The van der Waals surface area contributed by atoms with E-state index < -0.39 is 0 Å². The Morgan fingerprint density at radius 3 is 2.79 bits per heavy atom. The first-order chi connectivity index (χ1) is 9.28. The zero-order chi connectivity index (χ0) is 13.2. The van der Waals surface area contributed by atoms with Crippen molar-refractivity contribution >= 4 is 5.71 Å². The molecule has 0 aliphatic heterocycles. The van der Waals surface area contributed by atoms with E-state index in [0.717, 1.165) is 29.8 Å². The molecule has 0 amide bonds. The van der Waals surface area contributed by atoms with Crippen LogP contribution in [-0.4, -0.2) is 15.9 Å². The monoisotopic (exact) mass is 254 g/mol. The number of nitrogens with one attached hydrogen (secondary N) is 1. The van der Waals surface area contributed by atoms with E-state index in [1.165, 1.54) is 11.6 Å². The number of hydrogen-bond donors (Lipinski definition) is 2. The first-order valence-electron chi connectivity index (χ1n) is 6.18. The van der Waals surface area contributed by atoms with Crippen LogP contribution in [0, 0.1) is 0 Å². The van der Waals surface area contributed by atoms with Crippen LogP contribution in [0.25, 0.3) is 0 Å². The summed E-state index contributed by atoms with van der Waals surface area (Å²) < 4.78 is 0. The van der Waals surface area contributed by atoms with Crippen molar-refractivity contribution in [2.24, 2.45) is 10.9 Å². The number of hydrazone groups is 1. The maximum atomic E-state index is 11.3. The third-order valence-electron chi connectivity index (χ3n) is 3.50. The zero-order valence-corrected chi connectivity index (χ0v) is 10.3. The summed E-state index contributed by atoms with van der Waals surface area (Å²) in [6.45, 7) is 0. The molecule has 1 aromatic carbocycles. The molecule has 0 saturated heterocycles. The molecule has 0 unspecified atom stereocenters. The van der Waals surface area contributed by atoms with Gasteiger partial charge in [0.15, 0.2) is 0 Å². The summed E-state index contributed by atoms with van der Waals surface area (Å²) in [7, 11) is 0. The number of aromatic nitrogens is 2. The van der Waals surface area contributed by atoms with Crippen molar-refractivity contribution in [3.8, 4) is 0 Å². The Kier molecular flexibility index (Phi) is 2.87. The van der Waals surface area contributed by atoms with Gasteiger partial charge in [-0.05, 0) is 24.3 Å². The molecule has 1 heterocycles. The molecular formula is C14H14N4O. The maximum absolute atomic E-state index is 11.3. The molecule has 0 fully saturated rings. The van der Waals surface area contributed by atoms with Gasteiger partial charge in [-0.2, -0.15) is 10.2 Å². The lowest BCUT2D eigenvalue weighted by atomic mass is 9.81. The Morgan fingerprint density at radius 1 is 1.26 bits per heavy atom. The van der Waals surface area contributed by atoms with E-state index in [1.54, 1.807) is 0 Å². The number of nitrogens with zero attached hydrogens (tertiary/aromatic N) is 2. The average molecular weight is 254 g/mol. The number of hydrogen-bond acceptors (Lipinski definition) is 4. The summed E-state index contributed by atoms with van der Waals surface area (Å²) in [6.07, 6.45) is 1.52. The highest BCUT2D eigenvalue weighted by atomic mass is 16.1. The molecule has 0 saturated carbocycles. The summed E-state index contributed by atoms with van der Waals surface area (Å²) >= 11 is 0. The highest BCUT2D eigenvalue weighted by Crippen LogP contribution is 2.30. The van der Waals surface area contributed by atoms with E-state index in [0.29, 0.717) is 5.92 Å². The molecule has 19 heavy (non-hydrogen) atoms. The van der Waals surface area contributed by atoms with Crippen molar-refractivity contribution in [1.29, 1.82) is 0 Å². The predicted octanol–water partition coefficient (Wildman–Crippen LogP) is 1.16. The number of nitrogens with two attached hydrogens (primary N) is 1. The van der Waals surface area contributed by atoms with E-state index in [4.69, 9.17) is 5.84 Å². The first kappa shape index (κ1) is 11.6. The van der Waals surface area contributed by atoms with Crippen LogP contribution in [0.1, 0.15) is 29.2 Å². The smallest absolute Gasteiger partial charge is 0.264 e. The fraction of sp³-hybridized carbons (Fsp3) is 0.214. The van der Waals surface area contributed by atoms with Crippen LogP contribution in [0.4, 0.5) is 0 Å². The highest BCUT2D eigenvalue weighted by molar-refractivity contribution is 6.02. The van der Waals surface area contributed by atoms with E-state index in [1.807, 2.05) is 18.2 Å². The van der Waals surface area contributed by atoms with Crippen molar-refractivity contribution in [3.63, 3.8) is 0 Å². The number of aromatic amines is 1.